The van der Waals surface area contributed by atoms with Gasteiger partial charge >= 0.3 is 0 Å². The van der Waals surface area contributed by atoms with Crippen LogP contribution in [0.2, 0.25) is 0 Å². The summed E-state index contributed by atoms with van der Waals surface area (Å²) in [7, 11) is -2.77. The van der Waals surface area contributed by atoms with Gasteiger partial charge in [0.25, 0.3) is 0 Å². The van der Waals surface area contributed by atoms with Crippen LogP contribution in [-0.4, -0.2) is 28.7 Å². The second-order valence-corrected chi connectivity index (χ2v) is 6.57. The van der Waals surface area contributed by atoms with Crippen LogP contribution in [0.15, 0.2) is 41.3 Å². The summed E-state index contributed by atoms with van der Waals surface area (Å²) in [5.41, 5.74) is 0. The lowest BCUT2D eigenvalue weighted by Crippen LogP contribution is -2.24. The van der Waals surface area contributed by atoms with Crippen molar-refractivity contribution in [1.82, 2.24) is 4.72 Å². The summed E-state index contributed by atoms with van der Waals surface area (Å²) >= 11 is 0. The van der Waals surface area contributed by atoms with Crippen molar-refractivity contribution in [3.05, 3.63) is 53.8 Å². The number of sulfonamides is 1. The SMILES string of the molecule is COc1ccc(F)cc1S(=O)(=O)NCC#CCOc1ccc(F)cc1F. The molecular weight excluding hydrogens is 371 g/mol. The predicted molar refractivity (Wildman–Crippen MR) is 87.8 cm³/mol. The molecule has 138 valence electrons. The molecule has 0 unspecified atom stereocenters. The van der Waals surface area contributed by atoms with Gasteiger partial charge in [0, 0.05) is 6.07 Å². The van der Waals surface area contributed by atoms with Crippen molar-refractivity contribution in [2.24, 2.45) is 0 Å². The molecule has 0 amide bonds. The van der Waals surface area contributed by atoms with E-state index >= 15 is 0 Å². The number of methoxy groups -OCH3 is 1. The summed E-state index contributed by atoms with van der Waals surface area (Å²) in [6.45, 7) is -0.509. The van der Waals surface area contributed by atoms with Gasteiger partial charge in [-0.2, -0.15) is 4.72 Å². The zero-order valence-corrected chi connectivity index (χ0v) is 14.4. The number of rotatable bonds is 6. The molecule has 1 N–H and O–H groups in total. The third kappa shape index (κ3) is 5.15. The highest BCUT2D eigenvalue weighted by Gasteiger charge is 2.19. The summed E-state index contributed by atoms with van der Waals surface area (Å²) < 4.78 is 75.7. The second-order valence-electron chi connectivity index (χ2n) is 4.84. The molecule has 0 aliphatic rings. The quantitative estimate of drug-likeness (QED) is 0.776. The fraction of sp³-hybridized carbons (Fsp3) is 0.176. The van der Waals surface area contributed by atoms with Crippen LogP contribution in [0.25, 0.3) is 0 Å². The van der Waals surface area contributed by atoms with E-state index in [0.29, 0.717) is 6.07 Å². The van der Waals surface area contributed by atoms with Gasteiger partial charge in [-0.1, -0.05) is 11.8 Å². The Labute approximate surface area is 148 Å². The molecule has 0 saturated heterocycles. The van der Waals surface area contributed by atoms with Crippen LogP contribution in [0.4, 0.5) is 13.2 Å². The lowest BCUT2D eigenvalue weighted by molar-refractivity contribution is 0.346. The van der Waals surface area contributed by atoms with Crippen LogP contribution in [0.3, 0.4) is 0 Å². The van der Waals surface area contributed by atoms with Gasteiger partial charge in [0.15, 0.2) is 11.6 Å². The Morgan fingerprint density at radius 2 is 1.65 bits per heavy atom. The average molecular weight is 385 g/mol. The van der Waals surface area contributed by atoms with E-state index in [2.05, 4.69) is 16.6 Å². The van der Waals surface area contributed by atoms with Gasteiger partial charge in [0.1, 0.15) is 28.9 Å². The summed E-state index contributed by atoms with van der Waals surface area (Å²) in [5.74, 6) is 2.42. The molecule has 0 atom stereocenters. The molecule has 0 fully saturated rings. The molecule has 2 aromatic rings. The van der Waals surface area contributed by atoms with Crippen LogP contribution in [0, 0.1) is 29.3 Å². The highest BCUT2D eigenvalue weighted by Crippen LogP contribution is 2.24. The predicted octanol–water partition coefficient (Wildman–Crippen LogP) is 2.47. The minimum Gasteiger partial charge on any atom is -0.495 e. The van der Waals surface area contributed by atoms with E-state index in [1.165, 1.54) is 13.2 Å². The molecule has 0 saturated carbocycles. The largest absolute Gasteiger partial charge is 0.495 e. The first-order valence-corrected chi connectivity index (χ1v) is 8.68. The molecule has 0 aliphatic carbocycles. The van der Waals surface area contributed by atoms with Gasteiger partial charge in [-0.05, 0) is 30.3 Å². The van der Waals surface area contributed by atoms with E-state index in [-0.39, 0.29) is 29.5 Å². The van der Waals surface area contributed by atoms with E-state index in [1.54, 1.807) is 0 Å². The van der Waals surface area contributed by atoms with Crippen molar-refractivity contribution in [1.29, 1.82) is 0 Å². The summed E-state index contributed by atoms with van der Waals surface area (Å²) in [5, 5.41) is 0. The smallest absolute Gasteiger partial charge is 0.245 e. The van der Waals surface area contributed by atoms with E-state index in [4.69, 9.17) is 9.47 Å². The van der Waals surface area contributed by atoms with E-state index in [0.717, 1.165) is 24.3 Å². The Morgan fingerprint density at radius 3 is 2.31 bits per heavy atom. The number of benzene rings is 2. The lowest BCUT2D eigenvalue weighted by atomic mass is 10.3. The second kappa shape index (κ2) is 8.60. The van der Waals surface area contributed by atoms with E-state index in [9.17, 15) is 21.6 Å². The van der Waals surface area contributed by atoms with Gasteiger partial charge in [0.2, 0.25) is 10.0 Å². The fourth-order valence-electron chi connectivity index (χ4n) is 1.89. The van der Waals surface area contributed by atoms with Crippen molar-refractivity contribution in [2.45, 2.75) is 4.90 Å². The summed E-state index contributed by atoms with van der Waals surface area (Å²) in [6.07, 6.45) is 0. The van der Waals surface area contributed by atoms with Gasteiger partial charge in [-0.15, -0.1) is 0 Å². The van der Waals surface area contributed by atoms with Gasteiger partial charge in [-0.25, -0.2) is 21.6 Å². The average Bonchev–Trinajstić information content (AvgIpc) is 2.59. The molecule has 2 rings (SSSR count). The third-order valence-electron chi connectivity index (χ3n) is 3.08. The number of ether oxygens (including phenoxy) is 2. The van der Waals surface area contributed by atoms with Gasteiger partial charge in [-0.3, -0.25) is 0 Å². The molecule has 5 nitrogen and oxygen atoms in total. The highest BCUT2D eigenvalue weighted by atomic mass is 32.2. The van der Waals surface area contributed by atoms with Crippen molar-refractivity contribution >= 4 is 10.0 Å². The fourth-order valence-corrected chi connectivity index (χ4v) is 2.99. The molecule has 0 radical (unpaired) electrons. The standard InChI is InChI=1S/C17H14F3NO4S/c1-24-16-7-5-13(19)11-17(16)26(22,23)21-8-2-3-9-25-15-6-4-12(18)10-14(15)20/h4-7,10-11,21H,8-9H2,1H3. The van der Waals surface area contributed by atoms with Crippen LogP contribution >= 0.6 is 0 Å². The van der Waals surface area contributed by atoms with Crippen LogP contribution < -0.4 is 14.2 Å². The molecule has 26 heavy (non-hydrogen) atoms. The maximum Gasteiger partial charge on any atom is 0.245 e. The van der Waals surface area contributed by atoms with Crippen LogP contribution in [0.5, 0.6) is 11.5 Å². The Morgan fingerprint density at radius 1 is 1.00 bits per heavy atom. The Kier molecular flexibility index (Phi) is 6.49. The zero-order valence-electron chi connectivity index (χ0n) is 13.6. The van der Waals surface area contributed by atoms with Crippen molar-refractivity contribution in [2.75, 3.05) is 20.3 Å². The minimum absolute atomic E-state index is 0.0121. The first-order valence-electron chi connectivity index (χ1n) is 7.20. The minimum atomic E-state index is -4.04. The highest BCUT2D eigenvalue weighted by molar-refractivity contribution is 7.89. The van der Waals surface area contributed by atoms with Crippen LogP contribution in [-0.2, 0) is 10.0 Å². The zero-order chi connectivity index (χ0) is 19.2. The number of nitrogens with one attached hydrogen (secondary N) is 1. The maximum absolute atomic E-state index is 13.3. The van der Waals surface area contributed by atoms with Crippen LogP contribution in [0.1, 0.15) is 0 Å². The summed E-state index contributed by atoms with van der Waals surface area (Å²) in [4.78, 5) is -0.355. The molecule has 0 spiro atoms. The number of hydrogen-bond donors (Lipinski definition) is 1. The van der Waals surface area contributed by atoms with Gasteiger partial charge < -0.3 is 9.47 Å². The van der Waals surface area contributed by atoms with Gasteiger partial charge in [0.05, 0.1) is 13.7 Å². The molecule has 0 aliphatic heterocycles. The lowest BCUT2D eigenvalue weighted by Gasteiger charge is -2.09. The normalized spacial score (nSPS) is 10.8. The van der Waals surface area contributed by atoms with Crippen molar-refractivity contribution < 1.29 is 31.1 Å². The molecular formula is C17H14F3NO4S. The third-order valence-corrected chi connectivity index (χ3v) is 4.51. The molecule has 0 aromatic heterocycles. The Hall–Kier alpha value is -2.70. The topological polar surface area (TPSA) is 64.6 Å². The van der Waals surface area contributed by atoms with Crippen molar-refractivity contribution in [3.63, 3.8) is 0 Å². The molecule has 0 heterocycles. The maximum atomic E-state index is 13.3. The Balaban J connectivity index is 1.93. The molecule has 0 bridgehead atoms. The monoisotopic (exact) mass is 385 g/mol. The van der Waals surface area contributed by atoms with E-state index in [1.807, 2.05) is 0 Å². The molecule has 2 aromatic carbocycles. The Bertz CT molecular complexity index is 952. The molecule has 9 heteroatoms. The first kappa shape index (κ1) is 19.6. The first-order chi connectivity index (χ1) is 12.3. The van der Waals surface area contributed by atoms with E-state index < -0.39 is 27.5 Å². The summed E-state index contributed by atoms with van der Waals surface area (Å²) in [6, 6.07) is 5.92. The van der Waals surface area contributed by atoms with Crippen molar-refractivity contribution in [3.8, 4) is 23.3 Å². The number of hydrogen-bond acceptors (Lipinski definition) is 4. The number of halogens is 3.